The zero-order valence-electron chi connectivity index (χ0n) is 7.86. The molecule has 0 fully saturated rings. The van der Waals surface area contributed by atoms with Gasteiger partial charge in [-0.05, 0) is 12.1 Å². The Morgan fingerprint density at radius 1 is 1.47 bits per heavy atom. The molecular weight excluding hydrogens is 210 g/mol. The van der Waals surface area contributed by atoms with Crippen LogP contribution in [-0.4, -0.2) is 29.6 Å². The lowest BCUT2D eigenvalue weighted by Gasteiger charge is -2.05. The summed E-state index contributed by atoms with van der Waals surface area (Å²) in [6.07, 6.45) is 0. The van der Waals surface area contributed by atoms with Gasteiger partial charge < -0.3 is 9.84 Å². The molecular formula is C11H15NO2S. The molecule has 0 unspecified atom stereocenters. The van der Waals surface area contributed by atoms with Crippen LogP contribution in [0, 0.1) is 0 Å². The van der Waals surface area contributed by atoms with E-state index in [9.17, 15) is 5.11 Å². The lowest BCUT2D eigenvalue weighted by Crippen LogP contribution is -1.93. The summed E-state index contributed by atoms with van der Waals surface area (Å²) in [7, 11) is 1.58. The number of thioether (sulfide) groups is 1. The van der Waals surface area contributed by atoms with E-state index in [1.54, 1.807) is 24.9 Å². The summed E-state index contributed by atoms with van der Waals surface area (Å²) < 4.78 is 5.01. The van der Waals surface area contributed by atoms with Crippen molar-refractivity contribution >= 4 is 16.8 Å². The summed E-state index contributed by atoms with van der Waals surface area (Å²) >= 11 is 1.67. The van der Waals surface area contributed by atoms with Gasteiger partial charge in [0.2, 0.25) is 0 Å². The first-order valence-corrected chi connectivity index (χ1v) is 5.34. The minimum absolute atomic E-state index is 0. The van der Waals surface area contributed by atoms with E-state index in [0.717, 1.165) is 22.9 Å². The molecule has 3 nitrogen and oxygen atoms in total. The number of aliphatic imine (C=N–C) groups is 1. The lowest BCUT2D eigenvalue weighted by molar-refractivity contribution is 0.407. The van der Waals surface area contributed by atoms with Gasteiger partial charge in [0.05, 0.1) is 7.11 Å². The molecule has 82 valence electrons. The topological polar surface area (TPSA) is 41.8 Å². The highest BCUT2D eigenvalue weighted by Crippen LogP contribution is 2.29. The molecule has 0 amide bonds. The number of aromatic hydroxyl groups is 1. The van der Waals surface area contributed by atoms with Crippen molar-refractivity contribution in [3.05, 3.63) is 23.8 Å². The van der Waals surface area contributed by atoms with Gasteiger partial charge in [-0.2, -0.15) is 0 Å². The van der Waals surface area contributed by atoms with Crippen LogP contribution in [0.2, 0.25) is 0 Å². The van der Waals surface area contributed by atoms with Gasteiger partial charge in [-0.25, -0.2) is 0 Å². The number of methoxy groups -OCH3 is 1. The molecule has 0 atom stereocenters. The first kappa shape index (κ1) is 11.9. The Morgan fingerprint density at radius 3 is 2.80 bits per heavy atom. The third-order valence-corrected chi connectivity index (χ3v) is 3.03. The second kappa shape index (κ2) is 5.07. The van der Waals surface area contributed by atoms with Crippen LogP contribution in [0.3, 0.4) is 0 Å². The molecule has 1 aromatic carbocycles. The number of hydrogen-bond donors (Lipinski definition) is 1. The molecule has 1 aromatic rings. The first-order valence-electron chi connectivity index (χ1n) is 4.36. The van der Waals surface area contributed by atoms with Gasteiger partial charge in [0.1, 0.15) is 16.5 Å². The number of rotatable bonds is 2. The lowest BCUT2D eigenvalue weighted by atomic mass is 10.2. The van der Waals surface area contributed by atoms with Crippen LogP contribution in [0.15, 0.2) is 23.2 Å². The van der Waals surface area contributed by atoms with E-state index < -0.39 is 0 Å². The number of hydrogen-bond acceptors (Lipinski definition) is 4. The summed E-state index contributed by atoms with van der Waals surface area (Å²) in [4.78, 5) is 4.30. The van der Waals surface area contributed by atoms with Gasteiger partial charge in [0, 0.05) is 23.9 Å². The molecule has 0 saturated carbocycles. The zero-order valence-corrected chi connectivity index (χ0v) is 8.67. The number of ether oxygens (including phenoxy) is 1. The first-order chi connectivity index (χ1) is 6.81. The molecule has 2 rings (SSSR count). The van der Waals surface area contributed by atoms with Crippen molar-refractivity contribution < 1.29 is 9.84 Å². The molecule has 0 radical (unpaired) electrons. The van der Waals surface area contributed by atoms with E-state index in [4.69, 9.17) is 4.74 Å². The molecule has 1 N–H and O–H groups in total. The summed E-state index contributed by atoms with van der Waals surface area (Å²) in [5.74, 6) is 1.90. The van der Waals surface area contributed by atoms with Crippen LogP contribution in [-0.2, 0) is 0 Å². The minimum Gasteiger partial charge on any atom is -0.507 e. The number of nitrogens with zero attached hydrogens (tertiary/aromatic N) is 1. The Hall–Kier alpha value is -1.16. The van der Waals surface area contributed by atoms with Gasteiger partial charge in [-0.3, -0.25) is 4.99 Å². The number of phenols is 1. The third-order valence-electron chi connectivity index (χ3n) is 2.02. The van der Waals surface area contributed by atoms with Crippen molar-refractivity contribution in [2.24, 2.45) is 4.99 Å². The fourth-order valence-electron chi connectivity index (χ4n) is 1.32. The fourth-order valence-corrected chi connectivity index (χ4v) is 2.20. The molecule has 1 heterocycles. The second-order valence-electron chi connectivity index (χ2n) is 2.92. The normalized spacial score (nSPS) is 14.3. The van der Waals surface area contributed by atoms with E-state index in [-0.39, 0.29) is 13.2 Å². The molecule has 0 aromatic heterocycles. The van der Waals surface area contributed by atoms with Crippen molar-refractivity contribution in [2.45, 2.75) is 7.43 Å². The van der Waals surface area contributed by atoms with Crippen LogP contribution in [0.1, 0.15) is 13.0 Å². The van der Waals surface area contributed by atoms with Crippen molar-refractivity contribution in [1.29, 1.82) is 0 Å². The van der Waals surface area contributed by atoms with Crippen LogP contribution < -0.4 is 4.74 Å². The Bertz CT molecular complexity index is 377. The zero-order chi connectivity index (χ0) is 9.97. The summed E-state index contributed by atoms with van der Waals surface area (Å²) in [5.41, 5.74) is 0.799. The molecule has 0 spiro atoms. The maximum Gasteiger partial charge on any atom is 0.129 e. The largest absolute Gasteiger partial charge is 0.507 e. The van der Waals surface area contributed by atoms with Gasteiger partial charge in [0.25, 0.3) is 0 Å². The highest BCUT2D eigenvalue weighted by molar-refractivity contribution is 8.14. The van der Waals surface area contributed by atoms with Crippen LogP contribution in [0.25, 0.3) is 0 Å². The Labute approximate surface area is 94.2 Å². The average Bonchev–Trinajstić information content (AvgIpc) is 2.70. The smallest absolute Gasteiger partial charge is 0.129 e. The number of phenolic OH excluding ortho intramolecular Hbond substituents is 1. The maximum atomic E-state index is 9.71. The van der Waals surface area contributed by atoms with Crippen molar-refractivity contribution in [3.8, 4) is 11.5 Å². The second-order valence-corrected chi connectivity index (χ2v) is 4.00. The van der Waals surface area contributed by atoms with Gasteiger partial charge in [-0.1, -0.05) is 7.43 Å². The van der Waals surface area contributed by atoms with Crippen LogP contribution in [0.4, 0.5) is 0 Å². The van der Waals surface area contributed by atoms with Gasteiger partial charge >= 0.3 is 0 Å². The minimum atomic E-state index is 0. The Balaban J connectivity index is 0.00000112. The fraction of sp³-hybridized carbons (Fsp3) is 0.364. The highest BCUT2D eigenvalue weighted by Gasteiger charge is 2.13. The molecule has 0 bridgehead atoms. The molecule has 15 heavy (non-hydrogen) atoms. The maximum absolute atomic E-state index is 9.71. The van der Waals surface area contributed by atoms with Crippen LogP contribution >= 0.6 is 11.8 Å². The Morgan fingerprint density at radius 2 is 2.27 bits per heavy atom. The average molecular weight is 225 g/mol. The van der Waals surface area contributed by atoms with Gasteiger partial charge in [0.15, 0.2) is 0 Å². The van der Waals surface area contributed by atoms with Crippen molar-refractivity contribution in [1.82, 2.24) is 0 Å². The van der Waals surface area contributed by atoms with Crippen LogP contribution in [0.5, 0.6) is 11.5 Å². The van der Waals surface area contributed by atoms with E-state index in [2.05, 4.69) is 4.99 Å². The molecule has 1 aliphatic heterocycles. The SMILES string of the molecule is C.COc1ccc(C2=NCCS2)c(O)c1. The molecule has 0 saturated heterocycles. The monoisotopic (exact) mass is 225 g/mol. The van der Waals surface area contributed by atoms with Gasteiger partial charge in [-0.15, -0.1) is 11.8 Å². The van der Waals surface area contributed by atoms with E-state index in [1.807, 2.05) is 12.1 Å². The van der Waals surface area contributed by atoms with E-state index in [1.165, 1.54) is 0 Å². The highest BCUT2D eigenvalue weighted by atomic mass is 32.2. The molecule has 1 aliphatic rings. The predicted molar refractivity (Wildman–Crippen MR) is 65.3 cm³/mol. The van der Waals surface area contributed by atoms with Crippen molar-refractivity contribution in [2.75, 3.05) is 19.4 Å². The number of benzene rings is 1. The quantitative estimate of drug-likeness (QED) is 0.841. The summed E-state index contributed by atoms with van der Waals surface area (Å²) in [6, 6.07) is 5.28. The molecule has 0 aliphatic carbocycles. The predicted octanol–water partition coefficient (Wildman–Crippen LogP) is 2.53. The van der Waals surface area contributed by atoms with E-state index >= 15 is 0 Å². The molecule has 4 heteroatoms. The third kappa shape index (κ3) is 2.45. The summed E-state index contributed by atoms with van der Waals surface area (Å²) in [6.45, 7) is 0.839. The Kier molecular flexibility index (Phi) is 4.03. The van der Waals surface area contributed by atoms with Crippen molar-refractivity contribution in [3.63, 3.8) is 0 Å². The van der Waals surface area contributed by atoms with E-state index in [0.29, 0.717) is 5.75 Å². The standard InChI is InChI=1S/C10H11NO2S.CH4/c1-13-7-2-3-8(9(12)6-7)10-11-4-5-14-10;/h2-3,6,12H,4-5H2,1H3;1H4. The summed E-state index contributed by atoms with van der Waals surface area (Å²) in [5, 5.41) is 10.6.